The van der Waals surface area contributed by atoms with Crippen LogP contribution in [0.25, 0.3) is 0 Å². The van der Waals surface area contributed by atoms with Gasteiger partial charge in [-0.2, -0.15) is 0 Å². The second-order valence-corrected chi connectivity index (χ2v) is 6.17. The molecule has 3 rings (SSSR count). The highest BCUT2D eigenvalue weighted by Gasteiger charge is 2.33. The third-order valence-corrected chi connectivity index (χ3v) is 4.41. The summed E-state index contributed by atoms with van der Waals surface area (Å²) in [7, 11) is 1.66. The average molecular weight is 335 g/mol. The standard InChI is InChI=1S/C20H21N3O2/c1-13-8-7-11-16(12-13)21-19(24)17-14(2)23(3)20(25)22-18(17)15-9-5-4-6-10-15/h4-12,18H,1-3H3,(H,21,24)(H,22,25). The van der Waals surface area contributed by atoms with Crippen LogP contribution in [-0.2, 0) is 4.79 Å². The van der Waals surface area contributed by atoms with Crippen molar-refractivity contribution in [1.29, 1.82) is 0 Å². The smallest absolute Gasteiger partial charge is 0.322 e. The number of amides is 3. The van der Waals surface area contributed by atoms with E-state index in [1.165, 1.54) is 4.90 Å². The number of rotatable bonds is 3. The van der Waals surface area contributed by atoms with Crippen molar-refractivity contribution in [2.24, 2.45) is 0 Å². The van der Waals surface area contributed by atoms with Crippen molar-refractivity contribution in [3.63, 3.8) is 0 Å². The van der Waals surface area contributed by atoms with E-state index in [9.17, 15) is 9.59 Å². The lowest BCUT2D eigenvalue weighted by Crippen LogP contribution is -2.46. The minimum absolute atomic E-state index is 0.219. The number of carbonyl (C=O) groups excluding carboxylic acids is 2. The van der Waals surface area contributed by atoms with Gasteiger partial charge >= 0.3 is 6.03 Å². The molecule has 0 aromatic heterocycles. The fourth-order valence-corrected chi connectivity index (χ4v) is 2.95. The number of nitrogens with one attached hydrogen (secondary N) is 2. The Kier molecular flexibility index (Phi) is 4.57. The summed E-state index contributed by atoms with van der Waals surface area (Å²) < 4.78 is 0. The van der Waals surface area contributed by atoms with Gasteiger partial charge in [-0.25, -0.2) is 4.79 Å². The van der Waals surface area contributed by atoms with Gasteiger partial charge in [-0.15, -0.1) is 0 Å². The molecule has 2 aromatic carbocycles. The van der Waals surface area contributed by atoms with Gasteiger partial charge in [0.2, 0.25) is 0 Å². The van der Waals surface area contributed by atoms with E-state index < -0.39 is 6.04 Å². The molecule has 25 heavy (non-hydrogen) atoms. The SMILES string of the molecule is CC1=C(C(=O)Nc2cccc(C)c2)C(c2ccccc2)NC(=O)N1C. The van der Waals surface area contributed by atoms with Crippen LogP contribution in [0.3, 0.4) is 0 Å². The maximum atomic E-state index is 13.0. The lowest BCUT2D eigenvalue weighted by Gasteiger charge is -2.33. The van der Waals surface area contributed by atoms with E-state index in [4.69, 9.17) is 0 Å². The summed E-state index contributed by atoms with van der Waals surface area (Å²) in [5, 5.41) is 5.85. The zero-order chi connectivity index (χ0) is 18.0. The largest absolute Gasteiger partial charge is 0.327 e. The van der Waals surface area contributed by atoms with Crippen LogP contribution in [0.5, 0.6) is 0 Å². The highest BCUT2D eigenvalue weighted by Crippen LogP contribution is 2.30. The Hall–Kier alpha value is -3.08. The van der Waals surface area contributed by atoms with Gasteiger partial charge in [0.15, 0.2) is 0 Å². The van der Waals surface area contributed by atoms with E-state index in [2.05, 4.69) is 10.6 Å². The van der Waals surface area contributed by atoms with Crippen molar-refractivity contribution in [2.75, 3.05) is 12.4 Å². The molecule has 0 saturated heterocycles. The Bertz CT molecular complexity index is 843. The van der Waals surface area contributed by atoms with Gasteiger partial charge in [0.1, 0.15) is 0 Å². The second kappa shape index (κ2) is 6.81. The summed E-state index contributed by atoms with van der Waals surface area (Å²) in [5.41, 5.74) is 3.85. The Morgan fingerprint density at radius 3 is 2.48 bits per heavy atom. The van der Waals surface area contributed by atoms with Crippen molar-refractivity contribution in [1.82, 2.24) is 10.2 Å². The third kappa shape index (κ3) is 3.40. The van der Waals surface area contributed by atoms with Gasteiger partial charge in [-0.3, -0.25) is 4.79 Å². The summed E-state index contributed by atoms with van der Waals surface area (Å²) in [4.78, 5) is 26.6. The molecule has 0 bridgehead atoms. The zero-order valence-electron chi connectivity index (χ0n) is 14.5. The fourth-order valence-electron chi connectivity index (χ4n) is 2.95. The zero-order valence-corrected chi connectivity index (χ0v) is 14.5. The van der Waals surface area contributed by atoms with E-state index in [1.807, 2.05) is 61.5 Å². The molecule has 128 valence electrons. The predicted molar refractivity (Wildman–Crippen MR) is 98.0 cm³/mol. The molecule has 0 aliphatic carbocycles. The Balaban J connectivity index is 1.99. The number of hydrogen-bond acceptors (Lipinski definition) is 2. The first-order chi connectivity index (χ1) is 12.0. The van der Waals surface area contributed by atoms with Gasteiger partial charge in [0, 0.05) is 18.4 Å². The molecule has 0 fully saturated rings. The molecule has 1 atom stereocenters. The van der Waals surface area contributed by atoms with Crippen LogP contribution in [-0.4, -0.2) is 23.9 Å². The van der Waals surface area contributed by atoms with E-state index in [-0.39, 0.29) is 11.9 Å². The number of benzene rings is 2. The molecule has 1 heterocycles. The van der Waals surface area contributed by atoms with Crippen molar-refractivity contribution in [3.05, 3.63) is 77.0 Å². The highest BCUT2D eigenvalue weighted by molar-refractivity contribution is 6.06. The summed E-state index contributed by atoms with van der Waals surface area (Å²) >= 11 is 0. The topological polar surface area (TPSA) is 61.4 Å². The number of anilines is 1. The highest BCUT2D eigenvalue weighted by atomic mass is 16.2. The van der Waals surface area contributed by atoms with Crippen LogP contribution in [0, 0.1) is 6.92 Å². The molecular weight excluding hydrogens is 314 g/mol. The van der Waals surface area contributed by atoms with Crippen LogP contribution >= 0.6 is 0 Å². The first kappa shape index (κ1) is 16.8. The lowest BCUT2D eigenvalue weighted by molar-refractivity contribution is -0.113. The molecule has 1 aliphatic rings. The van der Waals surface area contributed by atoms with Crippen LogP contribution < -0.4 is 10.6 Å². The molecule has 5 nitrogen and oxygen atoms in total. The molecule has 2 aromatic rings. The van der Waals surface area contributed by atoms with E-state index in [0.29, 0.717) is 11.3 Å². The maximum Gasteiger partial charge on any atom is 0.322 e. The number of aryl methyl sites for hydroxylation is 1. The van der Waals surface area contributed by atoms with Crippen LogP contribution in [0.15, 0.2) is 65.9 Å². The van der Waals surface area contributed by atoms with Gasteiger partial charge < -0.3 is 15.5 Å². The van der Waals surface area contributed by atoms with E-state index in [1.54, 1.807) is 14.0 Å². The number of carbonyl (C=O) groups is 2. The molecular formula is C20H21N3O2. The molecule has 1 aliphatic heterocycles. The predicted octanol–water partition coefficient (Wildman–Crippen LogP) is 3.60. The number of allylic oxidation sites excluding steroid dienone is 1. The van der Waals surface area contributed by atoms with Gasteiger partial charge in [-0.05, 0) is 37.1 Å². The van der Waals surface area contributed by atoms with Gasteiger partial charge in [-0.1, -0.05) is 42.5 Å². The summed E-state index contributed by atoms with van der Waals surface area (Å²) in [6, 6.07) is 16.4. The van der Waals surface area contributed by atoms with Crippen molar-refractivity contribution < 1.29 is 9.59 Å². The summed E-state index contributed by atoms with van der Waals surface area (Å²) in [6.07, 6.45) is 0. The Morgan fingerprint density at radius 1 is 1.08 bits per heavy atom. The van der Waals surface area contributed by atoms with Crippen molar-refractivity contribution >= 4 is 17.6 Å². The fraction of sp³-hybridized carbons (Fsp3) is 0.200. The summed E-state index contributed by atoms with van der Waals surface area (Å²) in [6.45, 7) is 3.77. The first-order valence-corrected chi connectivity index (χ1v) is 8.15. The molecule has 3 amide bonds. The van der Waals surface area contributed by atoms with Crippen molar-refractivity contribution in [2.45, 2.75) is 19.9 Å². The lowest BCUT2D eigenvalue weighted by atomic mass is 9.94. The van der Waals surface area contributed by atoms with Gasteiger partial charge in [0.05, 0.1) is 11.6 Å². The monoisotopic (exact) mass is 335 g/mol. The van der Waals surface area contributed by atoms with E-state index in [0.717, 1.165) is 16.8 Å². The van der Waals surface area contributed by atoms with Crippen LogP contribution in [0.4, 0.5) is 10.5 Å². The number of hydrogen-bond donors (Lipinski definition) is 2. The summed E-state index contributed by atoms with van der Waals surface area (Å²) in [5.74, 6) is -0.219. The second-order valence-electron chi connectivity index (χ2n) is 6.17. The average Bonchev–Trinajstić information content (AvgIpc) is 2.60. The molecule has 0 spiro atoms. The Morgan fingerprint density at radius 2 is 1.80 bits per heavy atom. The van der Waals surface area contributed by atoms with Crippen LogP contribution in [0.1, 0.15) is 24.1 Å². The van der Waals surface area contributed by atoms with Crippen molar-refractivity contribution in [3.8, 4) is 0 Å². The van der Waals surface area contributed by atoms with E-state index >= 15 is 0 Å². The minimum atomic E-state index is -0.477. The normalized spacial score (nSPS) is 17.3. The third-order valence-electron chi connectivity index (χ3n) is 4.41. The number of nitrogens with zero attached hydrogens (tertiary/aromatic N) is 1. The van der Waals surface area contributed by atoms with Crippen LogP contribution in [0.2, 0.25) is 0 Å². The quantitative estimate of drug-likeness (QED) is 0.900. The minimum Gasteiger partial charge on any atom is -0.327 e. The Labute approximate surface area is 147 Å². The molecule has 0 saturated carbocycles. The molecule has 0 radical (unpaired) electrons. The molecule has 2 N–H and O–H groups in total. The molecule has 1 unspecified atom stereocenters. The maximum absolute atomic E-state index is 13.0. The number of urea groups is 1. The first-order valence-electron chi connectivity index (χ1n) is 8.15. The van der Waals surface area contributed by atoms with Gasteiger partial charge in [0.25, 0.3) is 5.91 Å². The molecule has 5 heteroatoms.